The molecule has 0 radical (unpaired) electrons. The fraction of sp³-hybridized carbons (Fsp3) is 0.533. The van der Waals surface area contributed by atoms with Gasteiger partial charge >= 0.3 is 0 Å². The summed E-state index contributed by atoms with van der Waals surface area (Å²) in [5, 5.41) is 6.19. The van der Waals surface area contributed by atoms with Gasteiger partial charge in [-0.05, 0) is 37.8 Å². The first kappa shape index (κ1) is 14.0. The zero-order valence-corrected chi connectivity index (χ0v) is 11.3. The summed E-state index contributed by atoms with van der Waals surface area (Å²) in [6.45, 7) is 3.38. The summed E-state index contributed by atoms with van der Waals surface area (Å²) in [4.78, 5) is 11.4. The fourth-order valence-electron chi connectivity index (χ4n) is 2.06. The van der Waals surface area contributed by atoms with E-state index in [1.165, 1.54) is 6.07 Å². The Labute approximate surface area is 113 Å². The van der Waals surface area contributed by atoms with E-state index >= 15 is 0 Å². The number of hydrogen-bond donors (Lipinski definition) is 2. The van der Waals surface area contributed by atoms with Crippen LogP contribution in [0.15, 0.2) is 24.3 Å². The van der Waals surface area contributed by atoms with E-state index in [0.29, 0.717) is 19.5 Å². The van der Waals surface area contributed by atoms with Crippen molar-refractivity contribution in [2.24, 2.45) is 5.92 Å². The van der Waals surface area contributed by atoms with Gasteiger partial charge in [0.1, 0.15) is 5.82 Å². The summed E-state index contributed by atoms with van der Waals surface area (Å²) in [5.41, 5.74) is 0.726. The first-order valence-electron chi connectivity index (χ1n) is 6.91. The molecule has 1 unspecified atom stereocenters. The highest BCUT2D eigenvalue weighted by Crippen LogP contribution is 2.28. The summed E-state index contributed by atoms with van der Waals surface area (Å²) in [7, 11) is 0. The average Bonchev–Trinajstić information content (AvgIpc) is 3.21. The van der Waals surface area contributed by atoms with Crippen LogP contribution in [0, 0.1) is 11.7 Å². The minimum atomic E-state index is -0.154. The van der Waals surface area contributed by atoms with Crippen molar-refractivity contribution < 1.29 is 9.18 Å². The van der Waals surface area contributed by atoms with Crippen molar-refractivity contribution in [3.05, 3.63) is 35.6 Å². The van der Waals surface area contributed by atoms with Crippen LogP contribution < -0.4 is 10.6 Å². The van der Waals surface area contributed by atoms with E-state index in [1.54, 1.807) is 6.07 Å². The molecule has 1 fully saturated rings. The van der Waals surface area contributed by atoms with Gasteiger partial charge in [0, 0.05) is 25.0 Å². The molecular weight excluding hydrogens is 243 g/mol. The normalized spacial score (nSPS) is 16.1. The number of nitrogens with one attached hydrogen (secondary N) is 2. The van der Waals surface area contributed by atoms with E-state index in [4.69, 9.17) is 0 Å². The molecule has 1 amide bonds. The van der Waals surface area contributed by atoms with Crippen molar-refractivity contribution in [3.63, 3.8) is 0 Å². The predicted molar refractivity (Wildman–Crippen MR) is 73.3 cm³/mol. The van der Waals surface area contributed by atoms with Gasteiger partial charge in [0.15, 0.2) is 0 Å². The number of carbonyl (C=O) groups is 1. The van der Waals surface area contributed by atoms with Crippen molar-refractivity contribution in [2.45, 2.75) is 32.2 Å². The molecule has 0 aliphatic heterocycles. The van der Waals surface area contributed by atoms with Gasteiger partial charge in [0.2, 0.25) is 5.91 Å². The molecule has 0 heterocycles. The highest BCUT2D eigenvalue weighted by molar-refractivity contribution is 5.80. The summed E-state index contributed by atoms with van der Waals surface area (Å²) in [6, 6.07) is 7.03. The number of benzene rings is 1. The molecule has 104 valence electrons. The third-order valence-electron chi connectivity index (χ3n) is 3.35. The van der Waals surface area contributed by atoms with Gasteiger partial charge in [-0.1, -0.05) is 18.2 Å². The largest absolute Gasteiger partial charge is 0.355 e. The highest BCUT2D eigenvalue weighted by atomic mass is 19.1. The Bertz CT molecular complexity index is 432. The summed E-state index contributed by atoms with van der Waals surface area (Å²) >= 11 is 0. The van der Waals surface area contributed by atoms with Crippen LogP contribution in [0.3, 0.4) is 0 Å². The maximum absolute atomic E-state index is 13.5. The van der Waals surface area contributed by atoms with Gasteiger partial charge < -0.3 is 10.6 Å². The standard InChI is InChI=1S/C15H21FN2O/c1-11(10-13-4-2-3-5-14(13)16)17-8-9-18-15(19)12-6-7-12/h2-5,11-12,17H,6-10H2,1H3,(H,18,19). The molecule has 1 aliphatic carbocycles. The van der Waals surface area contributed by atoms with Gasteiger partial charge in [-0.2, -0.15) is 0 Å². The Hall–Kier alpha value is -1.42. The Morgan fingerprint density at radius 1 is 1.37 bits per heavy atom. The van der Waals surface area contributed by atoms with Crippen molar-refractivity contribution >= 4 is 5.91 Å². The maximum atomic E-state index is 13.5. The topological polar surface area (TPSA) is 41.1 Å². The van der Waals surface area contributed by atoms with Crippen LogP contribution in [-0.2, 0) is 11.2 Å². The second-order valence-electron chi connectivity index (χ2n) is 5.22. The second-order valence-corrected chi connectivity index (χ2v) is 5.22. The molecule has 1 aliphatic rings. The molecule has 1 saturated carbocycles. The van der Waals surface area contributed by atoms with E-state index < -0.39 is 0 Å². The van der Waals surface area contributed by atoms with Gasteiger partial charge in [0.05, 0.1) is 0 Å². The zero-order chi connectivity index (χ0) is 13.7. The molecule has 1 atom stereocenters. The molecule has 0 saturated heterocycles. The van der Waals surface area contributed by atoms with Crippen LogP contribution in [0.25, 0.3) is 0 Å². The second kappa shape index (κ2) is 6.66. The first-order valence-corrected chi connectivity index (χ1v) is 6.91. The van der Waals surface area contributed by atoms with E-state index in [9.17, 15) is 9.18 Å². The molecule has 1 aromatic carbocycles. The van der Waals surface area contributed by atoms with Gasteiger partial charge in [-0.15, -0.1) is 0 Å². The average molecular weight is 264 g/mol. The first-order chi connectivity index (χ1) is 9.16. The quantitative estimate of drug-likeness (QED) is 0.738. The summed E-state index contributed by atoms with van der Waals surface area (Å²) < 4.78 is 13.5. The number of rotatable bonds is 7. The Morgan fingerprint density at radius 3 is 2.79 bits per heavy atom. The lowest BCUT2D eigenvalue weighted by Crippen LogP contribution is -2.37. The SMILES string of the molecule is CC(Cc1ccccc1F)NCCNC(=O)C1CC1. The molecule has 19 heavy (non-hydrogen) atoms. The van der Waals surface area contributed by atoms with Crippen LogP contribution in [0.4, 0.5) is 4.39 Å². The highest BCUT2D eigenvalue weighted by Gasteiger charge is 2.28. The Balaban J connectivity index is 1.63. The maximum Gasteiger partial charge on any atom is 0.223 e. The van der Waals surface area contributed by atoms with Crippen LogP contribution in [0.1, 0.15) is 25.3 Å². The van der Waals surface area contributed by atoms with Gasteiger partial charge in [0.25, 0.3) is 0 Å². The Morgan fingerprint density at radius 2 is 2.11 bits per heavy atom. The van der Waals surface area contributed by atoms with E-state index in [1.807, 2.05) is 19.1 Å². The third-order valence-corrected chi connectivity index (χ3v) is 3.35. The van der Waals surface area contributed by atoms with Crippen molar-refractivity contribution in [1.29, 1.82) is 0 Å². The van der Waals surface area contributed by atoms with Crippen molar-refractivity contribution in [3.8, 4) is 0 Å². The third kappa shape index (κ3) is 4.63. The van der Waals surface area contributed by atoms with Crippen LogP contribution in [0.2, 0.25) is 0 Å². The smallest absolute Gasteiger partial charge is 0.223 e. The fourth-order valence-corrected chi connectivity index (χ4v) is 2.06. The van der Waals surface area contributed by atoms with Gasteiger partial charge in [-0.25, -0.2) is 4.39 Å². The summed E-state index contributed by atoms with van der Waals surface area (Å²) in [5.74, 6) is 0.276. The van der Waals surface area contributed by atoms with Crippen LogP contribution >= 0.6 is 0 Å². The lowest BCUT2D eigenvalue weighted by atomic mass is 10.1. The van der Waals surface area contributed by atoms with Crippen molar-refractivity contribution in [1.82, 2.24) is 10.6 Å². The minimum Gasteiger partial charge on any atom is -0.355 e. The minimum absolute atomic E-state index is 0.154. The van der Waals surface area contributed by atoms with E-state index in [0.717, 1.165) is 18.4 Å². The molecular formula is C15H21FN2O. The molecule has 4 heteroatoms. The molecule has 0 spiro atoms. The number of amides is 1. The van der Waals surface area contributed by atoms with E-state index in [-0.39, 0.29) is 23.7 Å². The molecule has 1 aromatic rings. The number of hydrogen-bond acceptors (Lipinski definition) is 2. The number of carbonyl (C=O) groups excluding carboxylic acids is 1. The van der Waals surface area contributed by atoms with E-state index in [2.05, 4.69) is 10.6 Å². The summed E-state index contributed by atoms with van der Waals surface area (Å²) in [6.07, 6.45) is 2.72. The molecule has 0 aromatic heterocycles. The predicted octanol–water partition coefficient (Wildman–Crippen LogP) is 1.87. The lowest BCUT2D eigenvalue weighted by Gasteiger charge is -2.14. The zero-order valence-electron chi connectivity index (χ0n) is 11.3. The van der Waals surface area contributed by atoms with Crippen LogP contribution in [0.5, 0.6) is 0 Å². The molecule has 3 nitrogen and oxygen atoms in total. The number of halogens is 1. The molecule has 0 bridgehead atoms. The van der Waals surface area contributed by atoms with Crippen molar-refractivity contribution in [2.75, 3.05) is 13.1 Å². The monoisotopic (exact) mass is 264 g/mol. The Kier molecular flexibility index (Phi) is 4.91. The van der Waals surface area contributed by atoms with Crippen LogP contribution in [-0.4, -0.2) is 25.0 Å². The molecule has 2 rings (SSSR count). The van der Waals surface area contributed by atoms with Gasteiger partial charge in [-0.3, -0.25) is 4.79 Å². The lowest BCUT2D eigenvalue weighted by molar-refractivity contribution is -0.122. The molecule has 2 N–H and O–H groups in total.